The zero-order chi connectivity index (χ0) is 9.26. The Balaban J connectivity index is 2.53. The molecular formula is C9H7ClN2S. The topological polar surface area (TPSA) is 25.8 Å². The highest BCUT2D eigenvalue weighted by Gasteiger charge is 2.02. The number of aromatic nitrogens is 2. The smallest absolute Gasteiger partial charge is 0.133 e. The van der Waals surface area contributed by atoms with Crippen LogP contribution in [0.4, 0.5) is 0 Å². The lowest BCUT2D eigenvalue weighted by Crippen LogP contribution is -1.90. The van der Waals surface area contributed by atoms with Gasteiger partial charge in [-0.3, -0.25) is 0 Å². The third kappa shape index (κ3) is 1.87. The minimum atomic E-state index is 0.494. The van der Waals surface area contributed by atoms with Crippen LogP contribution in [-0.2, 0) is 0 Å². The van der Waals surface area contributed by atoms with E-state index in [1.807, 2.05) is 23.8 Å². The SMILES string of the molecule is Cc1nc(Cl)cc(-c2ccsc2)n1. The summed E-state index contributed by atoms with van der Waals surface area (Å²) in [5.41, 5.74) is 1.98. The number of halogens is 1. The fraction of sp³-hybridized carbons (Fsp3) is 0.111. The molecule has 2 rings (SSSR count). The molecule has 2 aromatic heterocycles. The van der Waals surface area contributed by atoms with Crippen LogP contribution in [0.5, 0.6) is 0 Å². The maximum absolute atomic E-state index is 5.82. The molecule has 0 bridgehead atoms. The quantitative estimate of drug-likeness (QED) is 0.676. The van der Waals surface area contributed by atoms with Gasteiger partial charge in [0.1, 0.15) is 11.0 Å². The van der Waals surface area contributed by atoms with Gasteiger partial charge < -0.3 is 0 Å². The van der Waals surface area contributed by atoms with E-state index >= 15 is 0 Å². The van der Waals surface area contributed by atoms with Crippen molar-refractivity contribution < 1.29 is 0 Å². The summed E-state index contributed by atoms with van der Waals surface area (Å²) in [4.78, 5) is 8.29. The van der Waals surface area contributed by atoms with Crippen molar-refractivity contribution in [3.63, 3.8) is 0 Å². The van der Waals surface area contributed by atoms with Gasteiger partial charge in [0, 0.05) is 17.0 Å². The van der Waals surface area contributed by atoms with E-state index in [0.717, 1.165) is 11.3 Å². The molecular weight excluding hydrogens is 204 g/mol. The van der Waals surface area contributed by atoms with Gasteiger partial charge in [-0.1, -0.05) is 11.6 Å². The minimum Gasteiger partial charge on any atom is -0.233 e. The number of hydrogen-bond acceptors (Lipinski definition) is 3. The molecule has 4 heteroatoms. The molecule has 66 valence electrons. The van der Waals surface area contributed by atoms with Gasteiger partial charge in [0.25, 0.3) is 0 Å². The van der Waals surface area contributed by atoms with E-state index in [-0.39, 0.29) is 0 Å². The first-order chi connectivity index (χ1) is 6.25. The average molecular weight is 211 g/mol. The Labute approximate surface area is 85.2 Å². The first-order valence-electron chi connectivity index (χ1n) is 3.79. The van der Waals surface area contributed by atoms with Gasteiger partial charge in [-0.25, -0.2) is 9.97 Å². The van der Waals surface area contributed by atoms with E-state index in [2.05, 4.69) is 9.97 Å². The summed E-state index contributed by atoms with van der Waals surface area (Å²) in [5.74, 6) is 0.703. The van der Waals surface area contributed by atoms with Crippen LogP contribution in [0.1, 0.15) is 5.82 Å². The average Bonchev–Trinajstić information content (AvgIpc) is 2.53. The van der Waals surface area contributed by atoms with Crippen molar-refractivity contribution in [3.05, 3.63) is 33.9 Å². The van der Waals surface area contributed by atoms with E-state index in [1.165, 1.54) is 0 Å². The Morgan fingerprint density at radius 1 is 1.38 bits per heavy atom. The molecule has 0 saturated heterocycles. The lowest BCUT2D eigenvalue weighted by Gasteiger charge is -1.98. The molecule has 2 nitrogen and oxygen atoms in total. The molecule has 2 aromatic rings. The van der Waals surface area contributed by atoms with Crippen molar-refractivity contribution in [1.29, 1.82) is 0 Å². The summed E-state index contributed by atoms with van der Waals surface area (Å²) in [5, 5.41) is 4.55. The van der Waals surface area contributed by atoms with Crippen molar-refractivity contribution in [2.75, 3.05) is 0 Å². The van der Waals surface area contributed by atoms with E-state index in [1.54, 1.807) is 17.4 Å². The standard InChI is InChI=1S/C9H7ClN2S/c1-6-11-8(4-9(10)12-6)7-2-3-13-5-7/h2-5H,1H3. The monoisotopic (exact) mass is 210 g/mol. The summed E-state index contributed by atoms with van der Waals surface area (Å²) < 4.78 is 0. The Morgan fingerprint density at radius 3 is 2.85 bits per heavy atom. The Hall–Kier alpha value is -0.930. The van der Waals surface area contributed by atoms with E-state index < -0.39 is 0 Å². The van der Waals surface area contributed by atoms with Gasteiger partial charge in [0.15, 0.2) is 0 Å². The van der Waals surface area contributed by atoms with Crippen LogP contribution < -0.4 is 0 Å². The minimum absolute atomic E-state index is 0.494. The molecule has 0 atom stereocenters. The molecule has 0 amide bonds. The van der Waals surface area contributed by atoms with Crippen LogP contribution in [0.3, 0.4) is 0 Å². The summed E-state index contributed by atoms with van der Waals surface area (Å²) in [6.45, 7) is 1.84. The highest BCUT2D eigenvalue weighted by Crippen LogP contribution is 2.21. The molecule has 0 N–H and O–H groups in total. The van der Waals surface area contributed by atoms with Crippen molar-refractivity contribution >= 4 is 22.9 Å². The fourth-order valence-electron chi connectivity index (χ4n) is 1.09. The van der Waals surface area contributed by atoms with Crippen molar-refractivity contribution in [2.45, 2.75) is 6.92 Å². The van der Waals surface area contributed by atoms with Crippen molar-refractivity contribution in [2.24, 2.45) is 0 Å². The second kappa shape index (κ2) is 3.44. The number of rotatable bonds is 1. The number of aryl methyl sites for hydroxylation is 1. The van der Waals surface area contributed by atoms with Gasteiger partial charge in [0.05, 0.1) is 5.69 Å². The second-order valence-corrected chi connectivity index (χ2v) is 3.80. The van der Waals surface area contributed by atoms with Crippen LogP contribution in [0.15, 0.2) is 22.9 Å². The third-order valence-corrected chi connectivity index (χ3v) is 2.50. The molecule has 0 aromatic carbocycles. The summed E-state index contributed by atoms with van der Waals surface area (Å²) in [6.07, 6.45) is 0. The largest absolute Gasteiger partial charge is 0.233 e. The molecule has 0 aliphatic heterocycles. The predicted octanol–water partition coefficient (Wildman–Crippen LogP) is 3.17. The third-order valence-electron chi connectivity index (χ3n) is 1.62. The van der Waals surface area contributed by atoms with Crippen LogP contribution in [0.25, 0.3) is 11.3 Å². The van der Waals surface area contributed by atoms with Crippen molar-refractivity contribution in [3.8, 4) is 11.3 Å². The summed E-state index contributed by atoms with van der Waals surface area (Å²) in [6, 6.07) is 3.79. The molecule has 13 heavy (non-hydrogen) atoms. The number of thiophene rings is 1. The molecule has 2 heterocycles. The van der Waals surface area contributed by atoms with Gasteiger partial charge >= 0.3 is 0 Å². The van der Waals surface area contributed by atoms with Gasteiger partial charge in [-0.2, -0.15) is 11.3 Å². The summed E-state index contributed by atoms with van der Waals surface area (Å²) >= 11 is 7.46. The van der Waals surface area contributed by atoms with E-state index in [4.69, 9.17) is 11.6 Å². The maximum atomic E-state index is 5.82. The molecule has 0 unspecified atom stereocenters. The van der Waals surface area contributed by atoms with Crippen molar-refractivity contribution in [1.82, 2.24) is 9.97 Å². The number of hydrogen-bond donors (Lipinski definition) is 0. The molecule has 0 aliphatic carbocycles. The van der Waals surface area contributed by atoms with Gasteiger partial charge in [-0.15, -0.1) is 0 Å². The molecule has 0 aliphatic rings. The predicted molar refractivity (Wildman–Crippen MR) is 55.1 cm³/mol. The van der Waals surface area contributed by atoms with E-state index in [0.29, 0.717) is 11.0 Å². The lowest BCUT2D eigenvalue weighted by molar-refractivity contribution is 1.06. The molecule has 0 fully saturated rings. The van der Waals surface area contributed by atoms with Gasteiger partial charge in [0.2, 0.25) is 0 Å². The first kappa shape index (κ1) is 8.66. The van der Waals surface area contributed by atoms with Crippen LogP contribution in [-0.4, -0.2) is 9.97 Å². The highest BCUT2D eigenvalue weighted by atomic mass is 35.5. The maximum Gasteiger partial charge on any atom is 0.133 e. The normalized spacial score (nSPS) is 10.3. The van der Waals surface area contributed by atoms with Crippen LogP contribution >= 0.6 is 22.9 Å². The molecule has 0 spiro atoms. The van der Waals surface area contributed by atoms with Crippen LogP contribution in [0.2, 0.25) is 5.15 Å². The Bertz CT molecular complexity index is 391. The molecule has 0 saturated carbocycles. The summed E-state index contributed by atoms with van der Waals surface area (Å²) in [7, 11) is 0. The van der Waals surface area contributed by atoms with Gasteiger partial charge in [-0.05, 0) is 18.4 Å². The second-order valence-electron chi connectivity index (χ2n) is 2.64. The highest BCUT2D eigenvalue weighted by molar-refractivity contribution is 7.08. The lowest BCUT2D eigenvalue weighted by atomic mass is 10.2. The molecule has 0 radical (unpaired) electrons. The zero-order valence-corrected chi connectivity index (χ0v) is 8.56. The number of nitrogens with zero attached hydrogens (tertiary/aromatic N) is 2. The first-order valence-corrected chi connectivity index (χ1v) is 5.11. The Morgan fingerprint density at radius 2 is 2.23 bits per heavy atom. The van der Waals surface area contributed by atoms with E-state index in [9.17, 15) is 0 Å². The Kier molecular flexibility index (Phi) is 2.29. The van der Waals surface area contributed by atoms with Crippen LogP contribution in [0, 0.1) is 6.92 Å². The zero-order valence-electron chi connectivity index (χ0n) is 6.99. The fourth-order valence-corrected chi connectivity index (χ4v) is 1.96.